The molecule has 0 aromatic carbocycles. The van der Waals surface area contributed by atoms with Crippen molar-refractivity contribution in [2.75, 3.05) is 6.61 Å². The molecule has 1 N–H and O–H groups in total. The van der Waals surface area contributed by atoms with E-state index in [0.717, 1.165) is 0 Å². The molecule has 0 aliphatic heterocycles. The van der Waals surface area contributed by atoms with E-state index in [-0.39, 0.29) is 38.2 Å². The lowest BCUT2D eigenvalue weighted by Crippen LogP contribution is -2.42. The average molecular weight is 485 g/mol. The molecule has 1 aromatic heterocycles. The molecule has 2 fully saturated rings. The number of rotatable bonds is 10. The van der Waals surface area contributed by atoms with Gasteiger partial charge in [-0.2, -0.15) is 0 Å². The fraction of sp³-hybridized carbons (Fsp3) is 0.700. The maximum Gasteiger partial charge on any atom is 0.522 e. The zero-order valence-corrected chi connectivity index (χ0v) is 17.8. The molecule has 0 saturated heterocycles. The zero-order valence-electron chi connectivity index (χ0n) is 17.8. The summed E-state index contributed by atoms with van der Waals surface area (Å²) in [5.41, 5.74) is 1.12. The Hall–Kier alpha value is -2.12. The van der Waals surface area contributed by atoms with E-state index in [4.69, 9.17) is 4.74 Å². The number of allylic oxidation sites excluding steroid dienone is 1. The smallest absolute Gasteiger partial charge is 0.368 e. The number of imidazole rings is 1. The summed E-state index contributed by atoms with van der Waals surface area (Å²) in [5.74, 6) is 0.131. The second-order valence-electron chi connectivity index (χ2n) is 8.25. The minimum absolute atomic E-state index is 0.0695. The third-order valence-electron chi connectivity index (χ3n) is 5.58. The van der Waals surface area contributed by atoms with E-state index in [1.54, 1.807) is 13.1 Å². The number of aromatic nitrogens is 2. The van der Waals surface area contributed by atoms with Crippen LogP contribution >= 0.6 is 0 Å². The summed E-state index contributed by atoms with van der Waals surface area (Å²) in [6.07, 6.45) is -8.76. The molecular formula is C20H25F6N3O4. The van der Waals surface area contributed by atoms with Gasteiger partial charge in [-0.15, -0.1) is 26.3 Å². The Balaban J connectivity index is 1.32. The summed E-state index contributed by atoms with van der Waals surface area (Å²) < 4.78 is 87.9. The van der Waals surface area contributed by atoms with Gasteiger partial charge >= 0.3 is 12.7 Å². The van der Waals surface area contributed by atoms with E-state index in [0.29, 0.717) is 30.2 Å². The highest BCUT2D eigenvalue weighted by molar-refractivity contribution is 5.78. The topological polar surface area (TPSA) is 74.6 Å². The largest absolute Gasteiger partial charge is 0.522 e. The standard InChI is InChI=1S/C20H25F6N3O4/c1-11(27-18(30)10-31-14-7-16(8-14)33-20(24,25)26)3-4-29-9-17(28-12(29)2)13-5-15(6-13)32-19(21,22)23/h9,13-16H,1,3-8,10H2,2H3,(H,27,30)/t13?,14-,15?,16+. The van der Waals surface area contributed by atoms with Crippen LogP contribution in [0.1, 0.15) is 49.5 Å². The first-order valence-electron chi connectivity index (χ1n) is 10.4. The summed E-state index contributed by atoms with van der Waals surface area (Å²) in [6.45, 7) is 5.70. The van der Waals surface area contributed by atoms with Crippen LogP contribution in [0.5, 0.6) is 0 Å². The molecule has 186 valence electrons. The molecule has 1 amide bonds. The highest BCUT2D eigenvalue weighted by Crippen LogP contribution is 2.40. The van der Waals surface area contributed by atoms with Gasteiger partial charge in [0, 0.05) is 43.6 Å². The van der Waals surface area contributed by atoms with E-state index in [1.807, 2.05) is 4.57 Å². The number of carbonyl (C=O) groups excluding carboxylic acids is 1. The molecule has 0 unspecified atom stereocenters. The lowest BCUT2D eigenvalue weighted by Gasteiger charge is -2.34. The Morgan fingerprint density at radius 1 is 1.09 bits per heavy atom. The van der Waals surface area contributed by atoms with Gasteiger partial charge in [0.05, 0.1) is 24.0 Å². The third-order valence-corrected chi connectivity index (χ3v) is 5.58. The van der Waals surface area contributed by atoms with Crippen molar-refractivity contribution >= 4 is 5.91 Å². The number of carbonyl (C=O) groups is 1. The van der Waals surface area contributed by atoms with Crippen molar-refractivity contribution in [2.45, 2.75) is 82.5 Å². The summed E-state index contributed by atoms with van der Waals surface area (Å²) in [5, 5.41) is 2.58. The van der Waals surface area contributed by atoms with Crippen LogP contribution in [-0.4, -0.2) is 53.1 Å². The van der Waals surface area contributed by atoms with Gasteiger partial charge in [0.25, 0.3) is 0 Å². The first-order valence-corrected chi connectivity index (χ1v) is 10.4. The van der Waals surface area contributed by atoms with E-state index < -0.39 is 36.9 Å². The van der Waals surface area contributed by atoms with Gasteiger partial charge in [0.15, 0.2) is 0 Å². The van der Waals surface area contributed by atoms with E-state index in [9.17, 15) is 31.1 Å². The predicted octanol–water partition coefficient (Wildman–Crippen LogP) is 4.08. The lowest BCUT2D eigenvalue weighted by molar-refractivity contribution is -0.357. The number of hydrogen-bond acceptors (Lipinski definition) is 5. The number of ether oxygens (including phenoxy) is 3. The van der Waals surface area contributed by atoms with Crippen LogP contribution in [0, 0.1) is 6.92 Å². The number of hydrogen-bond donors (Lipinski definition) is 1. The fourth-order valence-corrected chi connectivity index (χ4v) is 3.73. The second kappa shape index (κ2) is 10.0. The minimum atomic E-state index is -4.68. The van der Waals surface area contributed by atoms with Gasteiger partial charge in [-0.25, -0.2) is 4.98 Å². The van der Waals surface area contributed by atoms with Crippen molar-refractivity contribution in [3.8, 4) is 0 Å². The van der Waals surface area contributed by atoms with Gasteiger partial charge in [-0.1, -0.05) is 6.58 Å². The van der Waals surface area contributed by atoms with Gasteiger partial charge in [-0.05, 0) is 19.8 Å². The van der Waals surface area contributed by atoms with Crippen molar-refractivity contribution < 1.29 is 45.3 Å². The van der Waals surface area contributed by atoms with Crippen LogP contribution in [0.3, 0.4) is 0 Å². The molecule has 0 radical (unpaired) electrons. The van der Waals surface area contributed by atoms with Crippen LogP contribution < -0.4 is 5.32 Å². The van der Waals surface area contributed by atoms with E-state index in [1.165, 1.54) is 0 Å². The fourth-order valence-electron chi connectivity index (χ4n) is 3.73. The normalized spacial score (nSPS) is 25.3. The molecular weight excluding hydrogens is 460 g/mol. The zero-order chi connectivity index (χ0) is 24.4. The summed E-state index contributed by atoms with van der Waals surface area (Å²) in [6, 6.07) is 0. The molecule has 13 heteroatoms. The van der Waals surface area contributed by atoms with Gasteiger partial charge in [0.1, 0.15) is 12.4 Å². The maximum atomic E-state index is 12.2. The minimum Gasteiger partial charge on any atom is -0.368 e. The Morgan fingerprint density at radius 2 is 1.67 bits per heavy atom. The first kappa shape index (κ1) is 25.5. The summed E-state index contributed by atoms with van der Waals surface area (Å²) in [4.78, 5) is 16.3. The molecule has 0 spiro atoms. The quantitative estimate of drug-likeness (QED) is 0.506. The molecule has 2 aliphatic carbocycles. The third kappa shape index (κ3) is 8.00. The Labute approximate surface area is 186 Å². The molecule has 2 saturated carbocycles. The van der Waals surface area contributed by atoms with Gasteiger partial charge in [0.2, 0.25) is 5.91 Å². The number of amides is 1. The van der Waals surface area contributed by atoms with Crippen molar-refractivity contribution in [2.24, 2.45) is 0 Å². The monoisotopic (exact) mass is 485 g/mol. The molecule has 2 aliphatic rings. The highest BCUT2D eigenvalue weighted by Gasteiger charge is 2.42. The average Bonchev–Trinajstić information content (AvgIpc) is 2.96. The summed E-state index contributed by atoms with van der Waals surface area (Å²) in [7, 11) is 0. The number of halogens is 6. The highest BCUT2D eigenvalue weighted by atomic mass is 19.4. The molecule has 0 atom stereocenters. The summed E-state index contributed by atoms with van der Waals surface area (Å²) >= 11 is 0. The van der Waals surface area contributed by atoms with Crippen molar-refractivity contribution in [1.82, 2.24) is 14.9 Å². The number of nitrogens with zero attached hydrogens (tertiary/aromatic N) is 2. The Morgan fingerprint density at radius 3 is 2.24 bits per heavy atom. The second-order valence-corrected chi connectivity index (χ2v) is 8.25. The van der Waals surface area contributed by atoms with Crippen molar-refractivity contribution in [3.63, 3.8) is 0 Å². The molecule has 1 aromatic rings. The number of nitrogens with one attached hydrogen (secondary N) is 1. The number of alkyl halides is 6. The van der Waals surface area contributed by atoms with Gasteiger partial charge in [-0.3, -0.25) is 14.3 Å². The predicted molar refractivity (Wildman–Crippen MR) is 102 cm³/mol. The maximum absolute atomic E-state index is 12.2. The Bertz CT molecular complexity index is 842. The van der Waals surface area contributed by atoms with Gasteiger partial charge < -0.3 is 14.6 Å². The van der Waals surface area contributed by atoms with Crippen LogP contribution in [0.4, 0.5) is 26.3 Å². The first-order chi connectivity index (χ1) is 15.3. The van der Waals surface area contributed by atoms with Crippen LogP contribution in [-0.2, 0) is 25.5 Å². The lowest BCUT2D eigenvalue weighted by atomic mass is 9.80. The van der Waals surface area contributed by atoms with Crippen LogP contribution in [0.2, 0.25) is 0 Å². The SMILES string of the molecule is C=C(CCn1cc(C2CC(OC(F)(F)F)C2)nc1C)NC(=O)CO[C@H]1C[C@@H](OC(F)(F)F)C1. The van der Waals surface area contributed by atoms with E-state index in [2.05, 4.69) is 26.4 Å². The van der Waals surface area contributed by atoms with E-state index >= 15 is 0 Å². The molecule has 0 bridgehead atoms. The number of aryl methyl sites for hydroxylation is 2. The van der Waals surface area contributed by atoms with Crippen molar-refractivity contribution in [3.05, 3.63) is 30.0 Å². The van der Waals surface area contributed by atoms with Crippen molar-refractivity contribution in [1.29, 1.82) is 0 Å². The van der Waals surface area contributed by atoms with Crippen LogP contribution in [0.15, 0.2) is 18.5 Å². The van der Waals surface area contributed by atoms with Crippen LogP contribution in [0.25, 0.3) is 0 Å². The molecule has 7 nitrogen and oxygen atoms in total. The molecule has 33 heavy (non-hydrogen) atoms. The molecule has 1 heterocycles. The Kier molecular flexibility index (Phi) is 7.74. The molecule has 3 rings (SSSR count).